The Balaban J connectivity index is 0.00000256. The van der Waals surface area contributed by atoms with Crippen molar-refractivity contribution in [2.75, 3.05) is 7.11 Å². The molecule has 0 atom stereocenters. The molecule has 0 aliphatic rings. The Labute approximate surface area is 104 Å². The third-order valence-corrected chi connectivity index (χ3v) is 2.28. The van der Waals surface area contributed by atoms with Crippen LogP contribution in [0.25, 0.3) is 0 Å². The zero-order valence-corrected chi connectivity index (χ0v) is 10.2. The second-order valence-electron chi connectivity index (χ2n) is 3.14. The molecule has 0 unspecified atom stereocenters. The van der Waals surface area contributed by atoms with Crippen molar-refractivity contribution in [3.05, 3.63) is 28.8 Å². The molecule has 2 N–H and O–H groups in total. The van der Waals surface area contributed by atoms with Crippen LogP contribution in [0.3, 0.4) is 0 Å². The summed E-state index contributed by atoms with van der Waals surface area (Å²) < 4.78 is 4.98. The number of carboxylic acid groups (broad SMARTS) is 2. The number of methoxy groups -OCH3 is 1. The Hall–Kier alpha value is -1.75. The molecule has 0 spiro atoms. The van der Waals surface area contributed by atoms with E-state index < -0.39 is 11.9 Å². The summed E-state index contributed by atoms with van der Waals surface area (Å²) >= 11 is 0. The van der Waals surface area contributed by atoms with Gasteiger partial charge in [-0.05, 0) is 18.6 Å². The first kappa shape index (κ1) is 15.2. The lowest BCUT2D eigenvalue weighted by Gasteiger charge is -2.12. The minimum absolute atomic E-state index is 0. The van der Waals surface area contributed by atoms with Crippen LogP contribution >= 0.6 is 12.4 Å². The highest BCUT2D eigenvalue weighted by molar-refractivity contribution is 5.96. The SMILES string of the molecule is CCc1c(C(=O)O)ccc(C(=O)O)c1OC.Cl. The van der Waals surface area contributed by atoms with Gasteiger partial charge in [0, 0.05) is 5.56 Å². The predicted octanol–water partition coefficient (Wildman–Crippen LogP) is 2.08. The first-order chi connectivity index (χ1) is 7.52. The van der Waals surface area contributed by atoms with E-state index in [1.165, 1.54) is 19.2 Å². The van der Waals surface area contributed by atoms with E-state index in [4.69, 9.17) is 14.9 Å². The summed E-state index contributed by atoms with van der Waals surface area (Å²) in [5.74, 6) is -2.11. The van der Waals surface area contributed by atoms with Gasteiger partial charge in [0.2, 0.25) is 0 Å². The van der Waals surface area contributed by atoms with Crippen LogP contribution in [0, 0.1) is 0 Å². The largest absolute Gasteiger partial charge is 0.496 e. The maximum absolute atomic E-state index is 10.9. The summed E-state index contributed by atoms with van der Waals surface area (Å²) in [7, 11) is 1.33. The average Bonchev–Trinajstić information content (AvgIpc) is 2.26. The van der Waals surface area contributed by atoms with Crippen molar-refractivity contribution in [3.8, 4) is 5.75 Å². The van der Waals surface area contributed by atoms with Crippen molar-refractivity contribution in [2.45, 2.75) is 13.3 Å². The van der Waals surface area contributed by atoms with Gasteiger partial charge in [0.15, 0.2) is 0 Å². The van der Waals surface area contributed by atoms with Gasteiger partial charge in [-0.1, -0.05) is 6.92 Å². The van der Waals surface area contributed by atoms with Gasteiger partial charge in [-0.15, -0.1) is 12.4 Å². The molecule has 1 aromatic rings. The van der Waals surface area contributed by atoms with E-state index in [0.717, 1.165) is 0 Å². The molecule has 0 bridgehead atoms. The number of hydrogen-bond acceptors (Lipinski definition) is 3. The Morgan fingerprint density at radius 1 is 1.18 bits per heavy atom. The van der Waals surface area contributed by atoms with Crippen LogP contribution in [0.15, 0.2) is 12.1 Å². The second-order valence-corrected chi connectivity index (χ2v) is 3.14. The molecular formula is C11H13ClO5. The number of hydrogen-bond donors (Lipinski definition) is 2. The van der Waals surface area contributed by atoms with Crippen molar-refractivity contribution in [1.29, 1.82) is 0 Å². The van der Waals surface area contributed by atoms with E-state index in [0.29, 0.717) is 12.0 Å². The lowest BCUT2D eigenvalue weighted by Crippen LogP contribution is -2.09. The third-order valence-electron chi connectivity index (χ3n) is 2.28. The number of carboxylic acids is 2. The molecule has 0 saturated carbocycles. The first-order valence-electron chi connectivity index (χ1n) is 4.69. The van der Waals surface area contributed by atoms with Gasteiger partial charge in [-0.2, -0.15) is 0 Å². The number of benzene rings is 1. The summed E-state index contributed by atoms with van der Waals surface area (Å²) in [6.07, 6.45) is 0.395. The highest BCUT2D eigenvalue weighted by atomic mass is 35.5. The lowest BCUT2D eigenvalue weighted by molar-refractivity contribution is 0.0676. The quantitative estimate of drug-likeness (QED) is 0.866. The van der Waals surface area contributed by atoms with Crippen LogP contribution in [-0.2, 0) is 6.42 Å². The molecule has 17 heavy (non-hydrogen) atoms. The normalized spacial score (nSPS) is 9.29. The van der Waals surface area contributed by atoms with Crippen LogP contribution in [0.4, 0.5) is 0 Å². The fraction of sp³-hybridized carbons (Fsp3) is 0.273. The molecule has 5 nitrogen and oxygen atoms in total. The standard InChI is InChI=1S/C11H12O5.ClH/c1-3-6-7(10(12)13)4-5-8(11(14)15)9(6)16-2;/h4-5H,3H2,1-2H3,(H,12,13)(H,14,15);1H. The van der Waals surface area contributed by atoms with Gasteiger partial charge in [0.25, 0.3) is 0 Å². The van der Waals surface area contributed by atoms with Crippen LogP contribution in [0.2, 0.25) is 0 Å². The number of carbonyl (C=O) groups is 2. The second kappa shape index (κ2) is 6.10. The summed E-state index contributed by atoms with van der Waals surface area (Å²) in [5, 5.41) is 17.9. The molecule has 0 amide bonds. The molecule has 94 valence electrons. The molecule has 1 aromatic carbocycles. The molecule has 0 aliphatic carbocycles. The summed E-state index contributed by atoms with van der Waals surface area (Å²) in [4.78, 5) is 21.8. The van der Waals surface area contributed by atoms with Crippen LogP contribution in [-0.4, -0.2) is 29.3 Å². The molecule has 0 saturated heterocycles. The Bertz CT molecular complexity index is 401. The topological polar surface area (TPSA) is 83.8 Å². The molecule has 6 heteroatoms. The molecule has 0 aliphatic heterocycles. The summed E-state index contributed by atoms with van der Waals surface area (Å²) in [5.41, 5.74) is 0.448. The van der Waals surface area contributed by atoms with Crippen molar-refractivity contribution in [2.24, 2.45) is 0 Å². The average molecular weight is 261 g/mol. The van der Waals surface area contributed by atoms with Gasteiger partial charge in [-0.3, -0.25) is 0 Å². The van der Waals surface area contributed by atoms with E-state index in [-0.39, 0.29) is 29.3 Å². The first-order valence-corrected chi connectivity index (χ1v) is 4.69. The van der Waals surface area contributed by atoms with E-state index in [2.05, 4.69) is 0 Å². The molecule has 0 fully saturated rings. The van der Waals surface area contributed by atoms with Crippen molar-refractivity contribution in [1.82, 2.24) is 0 Å². The molecule has 0 heterocycles. The molecular weight excluding hydrogens is 248 g/mol. The summed E-state index contributed by atoms with van der Waals surface area (Å²) in [6, 6.07) is 2.52. The molecule has 0 aromatic heterocycles. The van der Waals surface area contributed by atoms with Crippen LogP contribution < -0.4 is 4.74 Å². The number of rotatable bonds is 4. The van der Waals surface area contributed by atoms with Gasteiger partial charge < -0.3 is 14.9 Å². The van der Waals surface area contributed by atoms with E-state index in [1.54, 1.807) is 6.92 Å². The van der Waals surface area contributed by atoms with E-state index in [9.17, 15) is 9.59 Å². The lowest BCUT2D eigenvalue weighted by atomic mass is 10.00. The number of halogens is 1. The van der Waals surface area contributed by atoms with Crippen LogP contribution in [0.1, 0.15) is 33.2 Å². The Kier molecular flexibility index (Phi) is 5.47. The molecule has 1 rings (SSSR count). The van der Waals surface area contributed by atoms with Gasteiger partial charge in [0.1, 0.15) is 11.3 Å². The fourth-order valence-corrected chi connectivity index (χ4v) is 1.58. The van der Waals surface area contributed by atoms with E-state index >= 15 is 0 Å². The van der Waals surface area contributed by atoms with E-state index in [1.807, 2.05) is 0 Å². The molecule has 0 radical (unpaired) electrons. The van der Waals surface area contributed by atoms with Gasteiger partial charge >= 0.3 is 11.9 Å². The number of ether oxygens (including phenoxy) is 1. The number of aromatic carboxylic acids is 2. The van der Waals surface area contributed by atoms with Gasteiger partial charge in [0.05, 0.1) is 12.7 Å². The predicted molar refractivity (Wildman–Crippen MR) is 63.5 cm³/mol. The van der Waals surface area contributed by atoms with Crippen molar-refractivity contribution >= 4 is 24.3 Å². The third kappa shape index (κ3) is 2.88. The fourth-order valence-electron chi connectivity index (χ4n) is 1.58. The zero-order chi connectivity index (χ0) is 12.3. The highest BCUT2D eigenvalue weighted by Gasteiger charge is 2.20. The minimum Gasteiger partial charge on any atom is -0.496 e. The zero-order valence-electron chi connectivity index (χ0n) is 9.39. The van der Waals surface area contributed by atoms with Crippen LogP contribution in [0.5, 0.6) is 5.75 Å². The highest BCUT2D eigenvalue weighted by Crippen LogP contribution is 2.28. The minimum atomic E-state index is -1.14. The summed E-state index contributed by atoms with van der Waals surface area (Å²) in [6.45, 7) is 1.75. The van der Waals surface area contributed by atoms with Crippen molar-refractivity contribution < 1.29 is 24.5 Å². The van der Waals surface area contributed by atoms with Gasteiger partial charge in [-0.25, -0.2) is 9.59 Å². The monoisotopic (exact) mass is 260 g/mol. The van der Waals surface area contributed by atoms with Crippen molar-refractivity contribution in [3.63, 3.8) is 0 Å². The maximum Gasteiger partial charge on any atom is 0.339 e. The smallest absolute Gasteiger partial charge is 0.339 e. The maximum atomic E-state index is 10.9. The Morgan fingerprint density at radius 3 is 2.00 bits per heavy atom. The Morgan fingerprint density at radius 2 is 1.65 bits per heavy atom.